The maximum atomic E-state index is 13.1. The number of rotatable bonds is 7. The molecule has 1 rings (SSSR count). The molecule has 1 aromatic rings. The average molecular weight is 291 g/mol. The third kappa shape index (κ3) is 5.92. The number of nitrogens with zero attached hydrogens (tertiary/aromatic N) is 3. The Morgan fingerprint density at radius 1 is 1.48 bits per heavy atom. The van der Waals surface area contributed by atoms with Crippen LogP contribution < -0.4 is 0 Å². The van der Waals surface area contributed by atoms with E-state index in [4.69, 9.17) is 5.26 Å². The fourth-order valence-corrected chi connectivity index (χ4v) is 2.11. The van der Waals surface area contributed by atoms with Gasteiger partial charge < -0.3 is 4.90 Å². The summed E-state index contributed by atoms with van der Waals surface area (Å²) >= 11 is 0. The van der Waals surface area contributed by atoms with Gasteiger partial charge in [-0.2, -0.15) is 5.26 Å². The summed E-state index contributed by atoms with van der Waals surface area (Å²) in [6.45, 7) is 5.48. The molecule has 1 atom stereocenters. The summed E-state index contributed by atoms with van der Waals surface area (Å²) in [5.74, 6) is -0.466. The van der Waals surface area contributed by atoms with Crippen LogP contribution in [-0.2, 0) is 11.3 Å². The molecule has 0 spiro atoms. The molecule has 0 bridgehead atoms. The maximum Gasteiger partial charge on any atom is 0.236 e. The summed E-state index contributed by atoms with van der Waals surface area (Å²) in [5.41, 5.74) is 0.832. The molecule has 0 radical (unpaired) electrons. The molecule has 0 aliphatic carbocycles. The predicted molar refractivity (Wildman–Crippen MR) is 79.8 cm³/mol. The highest BCUT2D eigenvalue weighted by Gasteiger charge is 2.16. The van der Waals surface area contributed by atoms with E-state index in [1.165, 1.54) is 12.1 Å². The van der Waals surface area contributed by atoms with E-state index in [9.17, 15) is 9.18 Å². The van der Waals surface area contributed by atoms with Crippen LogP contribution in [0.2, 0.25) is 0 Å². The van der Waals surface area contributed by atoms with E-state index in [0.717, 1.165) is 5.56 Å². The second-order valence-corrected chi connectivity index (χ2v) is 5.26. The first kappa shape index (κ1) is 17.1. The van der Waals surface area contributed by atoms with Gasteiger partial charge in [0, 0.05) is 19.6 Å². The third-order valence-corrected chi connectivity index (χ3v) is 3.20. The van der Waals surface area contributed by atoms with Crippen LogP contribution in [0.15, 0.2) is 24.3 Å². The summed E-state index contributed by atoms with van der Waals surface area (Å²) in [7, 11) is 1.82. The van der Waals surface area contributed by atoms with Crippen molar-refractivity contribution < 1.29 is 9.18 Å². The largest absolute Gasteiger partial charge is 0.341 e. The number of carbonyl (C=O) groups is 1. The van der Waals surface area contributed by atoms with Crippen LogP contribution in [0.3, 0.4) is 0 Å². The van der Waals surface area contributed by atoms with E-state index in [0.29, 0.717) is 19.6 Å². The summed E-state index contributed by atoms with van der Waals surface area (Å²) in [4.78, 5) is 15.7. The van der Waals surface area contributed by atoms with Gasteiger partial charge in [-0.25, -0.2) is 4.39 Å². The molecule has 21 heavy (non-hydrogen) atoms. The Morgan fingerprint density at radius 2 is 2.19 bits per heavy atom. The van der Waals surface area contributed by atoms with Gasteiger partial charge in [0.1, 0.15) is 5.82 Å². The topological polar surface area (TPSA) is 47.3 Å². The van der Waals surface area contributed by atoms with E-state index in [2.05, 4.69) is 6.07 Å². The minimum Gasteiger partial charge on any atom is -0.341 e. The van der Waals surface area contributed by atoms with Gasteiger partial charge in [0.05, 0.1) is 18.5 Å². The summed E-state index contributed by atoms with van der Waals surface area (Å²) in [6.07, 6.45) is 0. The number of likely N-dealkylation sites (N-methyl/N-ethyl adjacent to an activating group) is 2. The van der Waals surface area contributed by atoms with Crippen molar-refractivity contribution in [3.63, 3.8) is 0 Å². The molecule has 0 heterocycles. The van der Waals surface area contributed by atoms with Gasteiger partial charge in [-0.3, -0.25) is 9.69 Å². The van der Waals surface area contributed by atoms with Crippen molar-refractivity contribution in [1.82, 2.24) is 9.80 Å². The second kappa shape index (κ2) is 8.38. The molecule has 0 aliphatic heterocycles. The Bertz CT molecular complexity index is 512. The van der Waals surface area contributed by atoms with Crippen LogP contribution in [-0.4, -0.2) is 42.4 Å². The molecule has 4 nitrogen and oxygen atoms in total. The zero-order valence-corrected chi connectivity index (χ0v) is 12.8. The Balaban J connectivity index is 2.54. The number of nitriles is 1. The van der Waals surface area contributed by atoms with Crippen LogP contribution in [0.5, 0.6) is 0 Å². The van der Waals surface area contributed by atoms with Crippen molar-refractivity contribution in [3.05, 3.63) is 35.6 Å². The van der Waals surface area contributed by atoms with Crippen molar-refractivity contribution in [1.29, 1.82) is 5.26 Å². The minimum atomic E-state index is -0.273. The molecule has 1 aromatic carbocycles. The lowest BCUT2D eigenvalue weighted by molar-refractivity contribution is -0.132. The van der Waals surface area contributed by atoms with Crippen LogP contribution in [0.1, 0.15) is 19.4 Å². The predicted octanol–water partition coefficient (Wildman–Crippen LogP) is 2.27. The molecule has 0 saturated heterocycles. The van der Waals surface area contributed by atoms with E-state index >= 15 is 0 Å². The molecule has 0 saturated carbocycles. The van der Waals surface area contributed by atoms with Gasteiger partial charge >= 0.3 is 0 Å². The number of halogens is 1. The summed E-state index contributed by atoms with van der Waals surface area (Å²) < 4.78 is 13.1. The zero-order chi connectivity index (χ0) is 15.8. The Labute approximate surface area is 125 Å². The Hall–Kier alpha value is -1.93. The first-order valence-electron chi connectivity index (χ1n) is 7.06. The van der Waals surface area contributed by atoms with Crippen molar-refractivity contribution >= 4 is 5.91 Å². The lowest BCUT2D eigenvalue weighted by Gasteiger charge is -2.25. The van der Waals surface area contributed by atoms with E-state index < -0.39 is 0 Å². The lowest BCUT2D eigenvalue weighted by atomic mass is 10.2. The summed E-state index contributed by atoms with van der Waals surface area (Å²) in [5, 5.41) is 8.83. The molecule has 114 valence electrons. The molecule has 0 fully saturated rings. The van der Waals surface area contributed by atoms with Crippen molar-refractivity contribution in [3.8, 4) is 6.07 Å². The van der Waals surface area contributed by atoms with Gasteiger partial charge in [-0.05, 0) is 38.6 Å². The van der Waals surface area contributed by atoms with Crippen LogP contribution in [0.25, 0.3) is 0 Å². The first-order chi connectivity index (χ1) is 9.96. The number of benzene rings is 1. The average Bonchev–Trinajstić information content (AvgIpc) is 2.44. The van der Waals surface area contributed by atoms with Gasteiger partial charge in [-0.15, -0.1) is 0 Å². The third-order valence-electron chi connectivity index (χ3n) is 3.20. The molecule has 0 aromatic heterocycles. The molecular weight excluding hydrogens is 269 g/mol. The molecule has 0 aliphatic rings. The maximum absolute atomic E-state index is 13.1. The number of hydrogen-bond acceptors (Lipinski definition) is 3. The number of carbonyl (C=O) groups excluding carboxylic acids is 1. The quantitative estimate of drug-likeness (QED) is 0.774. The fraction of sp³-hybridized carbons (Fsp3) is 0.500. The van der Waals surface area contributed by atoms with Crippen LogP contribution in [0.4, 0.5) is 4.39 Å². The Kier molecular flexibility index (Phi) is 6.83. The monoisotopic (exact) mass is 291 g/mol. The van der Waals surface area contributed by atoms with Crippen LogP contribution >= 0.6 is 0 Å². The van der Waals surface area contributed by atoms with Gasteiger partial charge in [0.25, 0.3) is 0 Å². The molecular formula is C16H22FN3O. The smallest absolute Gasteiger partial charge is 0.236 e. The zero-order valence-electron chi connectivity index (χ0n) is 12.8. The minimum absolute atomic E-state index is 0.0153. The standard InChI is InChI=1S/C16H22FN3O/c1-4-20(10-13(2)9-18)16(21)12-19(3)11-14-6-5-7-15(17)8-14/h5-8,13H,4,10-12H2,1-3H3. The van der Waals surface area contributed by atoms with Gasteiger partial charge in [0.2, 0.25) is 5.91 Å². The fourth-order valence-electron chi connectivity index (χ4n) is 2.11. The highest BCUT2D eigenvalue weighted by Crippen LogP contribution is 2.07. The number of amides is 1. The molecule has 1 unspecified atom stereocenters. The molecule has 1 amide bonds. The van der Waals surface area contributed by atoms with Crippen LogP contribution in [0, 0.1) is 23.1 Å². The van der Waals surface area contributed by atoms with Gasteiger partial charge in [-0.1, -0.05) is 12.1 Å². The summed E-state index contributed by atoms with van der Waals surface area (Å²) in [6, 6.07) is 8.50. The van der Waals surface area contributed by atoms with E-state index in [1.54, 1.807) is 17.9 Å². The van der Waals surface area contributed by atoms with Crippen molar-refractivity contribution in [2.24, 2.45) is 5.92 Å². The SMILES string of the molecule is CCN(CC(C)C#N)C(=O)CN(C)Cc1cccc(F)c1. The molecule has 0 N–H and O–H groups in total. The number of hydrogen-bond donors (Lipinski definition) is 0. The van der Waals surface area contributed by atoms with Crippen molar-refractivity contribution in [2.45, 2.75) is 20.4 Å². The Morgan fingerprint density at radius 3 is 2.76 bits per heavy atom. The van der Waals surface area contributed by atoms with E-state index in [-0.39, 0.29) is 24.2 Å². The lowest BCUT2D eigenvalue weighted by Crippen LogP contribution is -2.40. The van der Waals surface area contributed by atoms with Crippen molar-refractivity contribution in [2.75, 3.05) is 26.7 Å². The molecule has 5 heteroatoms. The first-order valence-corrected chi connectivity index (χ1v) is 7.06. The highest BCUT2D eigenvalue weighted by atomic mass is 19.1. The normalized spacial score (nSPS) is 12.0. The highest BCUT2D eigenvalue weighted by molar-refractivity contribution is 5.78. The van der Waals surface area contributed by atoms with E-state index in [1.807, 2.05) is 24.9 Å². The van der Waals surface area contributed by atoms with Gasteiger partial charge in [0.15, 0.2) is 0 Å². The second-order valence-electron chi connectivity index (χ2n) is 5.26.